The van der Waals surface area contributed by atoms with E-state index < -0.39 is 5.91 Å². The van der Waals surface area contributed by atoms with E-state index in [9.17, 15) is 9.59 Å². The molecule has 0 fully saturated rings. The number of aromatic amines is 1. The Labute approximate surface area is 161 Å². The monoisotopic (exact) mass is 379 g/mol. The van der Waals surface area contributed by atoms with Crippen LogP contribution in [0.5, 0.6) is 0 Å². The number of amides is 3. The predicted molar refractivity (Wildman–Crippen MR) is 104 cm³/mol. The van der Waals surface area contributed by atoms with E-state index in [0.717, 1.165) is 22.3 Å². The van der Waals surface area contributed by atoms with Crippen LogP contribution in [0.3, 0.4) is 0 Å². The van der Waals surface area contributed by atoms with E-state index in [1.807, 2.05) is 55.5 Å². The second-order valence-electron chi connectivity index (χ2n) is 6.15. The van der Waals surface area contributed by atoms with Gasteiger partial charge in [-0.25, -0.2) is 9.89 Å². The van der Waals surface area contributed by atoms with Crippen molar-refractivity contribution in [3.63, 3.8) is 0 Å². The number of urea groups is 1. The molecule has 0 atom stereocenters. The summed E-state index contributed by atoms with van der Waals surface area (Å²) in [6.45, 7) is 2.43. The van der Waals surface area contributed by atoms with E-state index in [2.05, 4.69) is 25.9 Å². The fraction of sp³-hybridized carbons (Fsp3) is 0.211. The number of nitrogens with one attached hydrogen (secondary N) is 2. The maximum Gasteiger partial charge on any atom is 0.318 e. The zero-order chi connectivity index (χ0) is 19.9. The van der Waals surface area contributed by atoms with Gasteiger partial charge in [-0.2, -0.15) is 0 Å². The van der Waals surface area contributed by atoms with E-state index in [1.54, 1.807) is 0 Å². The molecule has 9 heteroatoms. The van der Waals surface area contributed by atoms with E-state index in [0.29, 0.717) is 12.4 Å². The molecule has 0 unspecified atom stereocenters. The summed E-state index contributed by atoms with van der Waals surface area (Å²) in [5, 5.41) is 16.7. The molecule has 0 saturated heterocycles. The number of carbonyl (C=O) groups is 2. The highest BCUT2D eigenvalue weighted by Crippen LogP contribution is 2.29. The molecule has 28 heavy (non-hydrogen) atoms. The van der Waals surface area contributed by atoms with Gasteiger partial charge in [0.1, 0.15) is 6.54 Å². The summed E-state index contributed by atoms with van der Waals surface area (Å²) >= 11 is 0. The quantitative estimate of drug-likeness (QED) is 0.573. The van der Waals surface area contributed by atoms with Gasteiger partial charge in [0.25, 0.3) is 0 Å². The molecule has 9 nitrogen and oxygen atoms in total. The summed E-state index contributed by atoms with van der Waals surface area (Å²) in [6, 6.07) is 15.2. The standard InChI is InChI=1S/C19H21N7O2/c1-2-21-19(28)26(12-17(20)27)11-13-7-9-14(10-8-13)15-5-3-4-6-16(15)18-22-24-25-23-18/h3-10H,2,11-12H2,1H3,(H2,20,27)(H,21,28)(H,22,23,24,25). The number of aromatic nitrogens is 4. The Morgan fingerprint density at radius 2 is 1.82 bits per heavy atom. The number of H-pyrrole nitrogens is 1. The third-order valence-electron chi connectivity index (χ3n) is 4.13. The molecule has 0 bridgehead atoms. The molecular formula is C19H21N7O2. The second-order valence-corrected chi connectivity index (χ2v) is 6.15. The van der Waals surface area contributed by atoms with Gasteiger partial charge in [0.15, 0.2) is 5.82 Å². The summed E-state index contributed by atoms with van der Waals surface area (Å²) in [5.41, 5.74) is 8.99. The predicted octanol–water partition coefficient (Wildman–Crippen LogP) is 1.55. The number of tetrazole rings is 1. The van der Waals surface area contributed by atoms with Crippen molar-refractivity contribution in [1.82, 2.24) is 30.8 Å². The van der Waals surface area contributed by atoms with Crippen molar-refractivity contribution in [2.45, 2.75) is 13.5 Å². The molecule has 2 aromatic carbocycles. The molecule has 0 saturated carbocycles. The SMILES string of the molecule is CCNC(=O)N(CC(N)=O)Cc1ccc(-c2ccccc2-c2nnn[nH]2)cc1. The summed E-state index contributed by atoms with van der Waals surface area (Å²) < 4.78 is 0. The first-order valence-corrected chi connectivity index (χ1v) is 8.82. The lowest BCUT2D eigenvalue weighted by molar-refractivity contribution is -0.118. The van der Waals surface area contributed by atoms with Crippen LogP contribution >= 0.6 is 0 Å². The molecule has 3 aromatic rings. The van der Waals surface area contributed by atoms with Crippen molar-refractivity contribution < 1.29 is 9.59 Å². The zero-order valence-electron chi connectivity index (χ0n) is 15.4. The topological polar surface area (TPSA) is 130 Å². The van der Waals surface area contributed by atoms with Crippen LogP contribution < -0.4 is 11.1 Å². The number of rotatable bonds is 7. The van der Waals surface area contributed by atoms with Crippen LogP contribution in [0.15, 0.2) is 48.5 Å². The lowest BCUT2D eigenvalue weighted by Gasteiger charge is -2.21. The number of benzene rings is 2. The minimum atomic E-state index is -0.558. The Hall–Kier alpha value is -3.75. The van der Waals surface area contributed by atoms with Crippen molar-refractivity contribution in [1.29, 1.82) is 0 Å². The van der Waals surface area contributed by atoms with Gasteiger partial charge in [0, 0.05) is 18.7 Å². The van der Waals surface area contributed by atoms with Gasteiger partial charge in [0.2, 0.25) is 5.91 Å². The highest BCUT2D eigenvalue weighted by Gasteiger charge is 2.16. The van der Waals surface area contributed by atoms with Gasteiger partial charge in [-0.1, -0.05) is 48.5 Å². The lowest BCUT2D eigenvalue weighted by Crippen LogP contribution is -2.43. The number of hydrogen-bond acceptors (Lipinski definition) is 5. The van der Waals surface area contributed by atoms with Crippen LogP contribution in [-0.2, 0) is 11.3 Å². The number of nitrogens with two attached hydrogens (primary N) is 1. The van der Waals surface area contributed by atoms with Crippen LogP contribution in [0.1, 0.15) is 12.5 Å². The maximum absolute atomic E-state index is 12.1. The third kappa shape index (κ3) is 4.50. The molecule has 4 N–H and O–H groups in total. The largest absolute Gasteiger partial charge is 0.368 e. The Morgan fingerprint density at radius 1 is 1.11 bits per heavy atom. The second kappa shape index (κ2) is 8.76. The smallest absolute Gasteiger partial charge is 0.318 e. The third-order valence-corrected chi connectivity index (χ3v) is 4.13. The van der Waals surface area contributed by atoms with Crippen LogP contribution in [0.4, 0.5) is 4.79 Å². The summed E-state index contributed by atoms with van der Waals surface area (Å²) in [6.07, 6.45) is 0. The summed E-state index contributed by atoms with van der Waals surface area (Å²) in [4.78, 5) is 24.8. The molecule has 1 aromatic heterocycles. The molecule has 0 aliphatic heterocycles. The Bertz CT molecular complexity index is 939. The average Bonchev–Trinajstić information content (AvgIpc) is 3.23. The van der Waals surface area contributed by atoms with Crippen molar-refractivity contribution >= 4 is 11.9 Å². The van der Waals surface area contributed by atoms with Gasteiger partial charge in [-0.05, 0) is 34.0 Å². The van der Waals surface area contributed by atoms with Crippen LogP contribution in [0, 0.1) is 0 Å². The average molecular weight is 379 g/mol. The van der Waals surface area contributed by atoms with Crippen LogP contribution in [0.25, 0.3) is 22.5 Å². The normalized spacial score (nSPS) is 10.5. The van der Waals surface area contributed by atoms with Crippen LogP contribution in [-0.4, -0.2) is 50.6 Å². The molecular weight excluding hydrogens is 358 g/mol. The molecule has 1 heterocycles. The number of nitrogens with zero attached hydrogens (tertiary/aromatic N) is 4. The van der Waals surface area contributed by atoms with E-state index >= 15 is 0 Å². The first kappa shape index (κ1) is 19.0. The van der Waals surface area contributed by atoms with E-state index in [-0.39, 0.29) is 19.1 Å². The first-order valence-electron chi connectivity index (χ1n) is 8.82. The Balaban J connectivity index is 1.82. The Kier molecular flexibility index (Phi) is 5.95. The lowest BCUT2D eigenvalue weighted by atomic mass is 9.98. The minimum absolute atomic E-state index is 0.144. The van der Waals surface area contributed by atoms with E-state index in [1.165, 1.54) is 4.90 Å². The van der Waals surface area contributed by atoms with Crippen molar-refractivity contribution in [3.8, 4) is 22.5 Å². The Morgan fingerprint density at radius 3 is 2.43 bits per heavy atom. The van der Waals surface area contributed by atoms with Crippen molar-refractivity contribution in [3.05, 3.63) is 54.1 Å². The molecule has 0 aliphatic carbocycles. The van der Waals surface area contributed by atoms with Crippen LogP contribution in [0.2, 0.25) is 0 Å². The molecule has 0 radical (unpaired) electrons. The fourth-order valence-corrected chi connectivity index (χ4v) is 2.88. The minimum Gasteiger partial charge on any atom is -0.368 e. The van der Waals surface area contributed by atoms with Crippen molar-refractivity contribution in [2.75, 3.05) is 13.1 Å². The molecule has 144 valence electrons. The van der Waals surface area contributed by atoms with Gasteiger partial charge < -0.3 is 16.0 Å². The van der Waals surface area contributed by atoms with E-state index in [4.69, 9.17) is 5.73 Å². The molecule has 0 aliphatic rings. The fourth-order valence-electron chi connectivity index (χ4n) is 2.88. The number of carbonyl (C=O) groups excluding carboxylic acids is 2. The molecule has 0 spiro atoms. The number of hydrogen-bond donors (Lipinski definition) is 3. The molecule has 3 amide bonds. The summed E-state index contributed by atoms with van der Waals surface area (Å²) in [7, 11) is 0. The van der Waals surface area contributed by atoms with Gasteiger partial charge >= 0.3 is 6.03 Å². The van der Waals surface area contributed by atoms with Gasteiger partial charge in [0.05, 0.1) is 0 Å². The highest BCUT2D eigenvalue weighted by atomic mass is 16.2. The highest BCUT2D eigenvalue weighted by molar-refractivity contribution is 5.83. The van der Waals surface area contributed by atoms with Crippen molar-refractivity contribution in [2.24, 2.45) is 5.73 Å². The zero-order valence-corrected chi connectivity index (χ0v) is 15.4. The maximum atomic E-state index is 12.1. The number of primary amides is 1. The van der Waals surface area contributed by atoms with Gasteiger partial charge in [-0.15, -0.1) is 5.10 Å². The first-order chi connectivity index (χ1) is 13.6. The summed E-state index contributed by atoms with van der Waals surface area (Å²) in [5.74, 6) is 0.0287. The van der Waals surface area contributed by atoms with Gasteiger partial charge in [-0.3, -0.25) is 4.79 Å². The molecule has 3 rings (SSSR count).